The van der Waals surface area contributed by atoms with Gasteiger partial charge in [0.1, 0.15) is 23.8 Å². The number of nitrogens with zero attached hydrogens (tertiary/aromatic N) is 1. The normalized spacial score (nSPS) is 22.0. The summed E-state index contributed by atoms with van der Waals surface area (Å²) in [6.07, 6.45) is 6.34. The first-order valence-corrected chi connectivity index (χ1v) is 11.7. The van der Waals surface area contributed by atoms with E-state index in [4.69, 9.17) is 9.47 Å². The van der Waals surface area contributed by atoms with Gasteiger partial charge in [-0.15, -0.1) is 0 Å². The summed E-state index contributed by atoms with van der Waals surface area (Å²) in [6, 6.07) is 6.77. The fourth-order valence-corrected chi connectivity index (χ4v) is 4.83. The summed E-state index contributed by atoms with van der Waals surface area (Å²) in [5.74, 6) is 0.154. The Morgan fingerprint density at radius 3 is 2.82 bits per heavy atom. The van der Waals surface area contributed by atoms with Crippen LogP contribution in [0.25, 0.3) is 11.3 Å². The number of aromatic amines is 1. The maximum Gasteiger partial charge on any atom is 0.255 e. The van der Waals surface area contributed by atoms with Crippen LogP contribution >= 0.6 is 0 Å². The molecule has 7 nitrogen and oxygen atoms in total. The number of carbonyl (C=O) groups excluding carboxylic acids is 1. The number of nitrogens with one attached hydrogen (secondary N) is 3. The van der Waals surface area contributed by atoms with Gasteiger partial charge in [0.15, 0.2) is 0 Å². The third kappa shape index (κ3) is 3.36. The average molecular weight is 463 g/mol. The molecule has 1 amide bonds. The highest BCUT2D eigenvalue weighted by molar-refractivity contribution is 6.07. The second kappa shape index (κ2) is 7.56. The van der Waals surface area contributed by atoms with Crippen molar-refractivity contribution in [3.8, 4) is 17.0 Å². The molecule has 1 spiro atoms. The van der Waals surface area contributed by atoms with Crippen LogP contribution in [0.1, 0.15) is 47.8 Å². The molecule has 2 aliphatic heterocycles. The lowest BCUT2D eigenvalue weighted by Gasteiger charge is -2.38. The van der Waals surface area contributed by atoms with Crippen molar-refractivity contribution in [2.45, 2.75) is 44.1 Å². The molecule has 3 N–H and O–H groups in total. The number of carbonyl (C=O) groups is 1. The van der Waals surface area contributed by atoms with Crippen LogP contribution in [0.5, 0.6) is 5.75 Å². The Balaban J connectivity index is 1.48. The maximum absolute atomic E-state index is 14.3. The molecule has 1 aliphatic carbocycles. The first-order chi connectivity index (χ1) is 16.4. The number of pyridine rings is 1. The number of ether oxygens (including phenoxy) is 2. The standard InChI is InChI=1S/C26H27FN4O3/c1-15-17(27)4-3-5-18(15)30-22-20-23(26(7-8-26)13-29-24(20)32)31-21(22)16-6-10-28-12-19(16)33-14-25(2)9-11-34-25/h3-6,10,12,30-31H,7-9,11,13-14H2,1-2H3,(H,29,32)/t25-/m1/s1. The molecule has 3 aromatic rings. The summed E-state index contributed by atoms with van der Waals surface area (Å²) in [5.41, 5.74) is 4.37. The third-order valence-electron chi connectivity index (χ3n) is 7.39. The van der Waals surface area contributed by atoms with Gasteiger partial charge < -0.3 is 25.1 Å². The smallest absolute Gasteiger partial charge is 0.255 e. The average Bonchev–Trinajstić information content (AvgIpc) is 3.49. The van der Waals surface area contributed by atoms with E-state index in [0.29, 0.717) is 41.4 Å². The number of anilines is 2. The highest BCUT2D eigenvalue weighted by Gasteiger charge is 2.51. The second-order valence-electron chi connectivity index (χ2n) is 9.83. The second-order valence-corrected chi connectivity index (χ2v) is 9.83. The van der Waals surface area contributed by atoms with Gasteiger partial charge >= 0.3 is 0 Å². The number of hydrogen-bond acceptors (Lipinski definition) is 5. The van der Waals surface area contributed by atoms with Crippen molar-refractivity contribution in [1.29, 1.82) is 0 Å². The molecule has 0 radical (unpaired) electrons. The van der Waals surface area contributed by atoms with E-state index in [1.165, 1.54) is 6.07 Å². The lowest BCUT2D eigenvalue weighted by Crippen LogP contribution is -2.45. The highest BCUT2D eigenvalue weighted by Crippen LogP contribution is 2.54. The van der Waals surface area contributed by atoms with E-state index >= 15 is 0 Å². The Bertz CT molecular complexity index is 1290. The number of H-pyrrole nitrogens is 1. The van der Waals surface area contributed by atoms with Crippen molar-refractivity contribution in [3.05, 3.63) is 59.3 Å². The minimum Gasteiger partial charge on any atom is -0.488 e. The molecule has 1 saturated heterocycles. The number of aromatic nitrogens is 2. The number of rotatable bonds is 6. The van der Waals surface area contributed by atoms with Crippen LogP contribution in [0.2, 0.25) is 0 Å². The fourth-order valence-electron chi connectivity index (χ4n) is 4.83. The van der Waals surface area contributed by atoms with Gasteiger partial charge in [0.2, 0.25) is 0 Å². The van der Waals surface area contributed by atoms with Crippen molar-refractivity contribution in [1.82, 2.24) is 15.3 Å². The van der Waals surface area contributed by atoms with E-state index in [1.807, 2.05) is 19.1 Å². The molecule has 1 saturated carbocycles. The molecule has 176 valence electrons. The summed E-state index contributed by atoms with van der Waals surface area (Å²) in [6.45, 7) is 5.51. The number of amides is 1. The summed E-state index contributed by atoms with van der Waals surface area (Å²) in [4.78, 5) is 20.9. The third-order valence-corrected chi connectivity index (χ3v) is 7.39. The molecule has 8 heteroatoms. The van der Waals surface area contributed by atoms with Crippen molar-refractivity contribution in [2.24, 2.45) is 0 Å². The van der Waals surface area contributed by atoms with E-state index in [1.54, 1.807) is 25.4 Å². The van der Waals surface area contributed by atoms with Gasteiger partial charge in [-0.1, -0.05) is 6.07 Å². The maximum atomic E-state index is 14.3. The van der Waals surface area contributed by atoms with Gasteiger partial charge in [-0.2, -0.15) is 0 Å². The number of hydrogen-bond donors (Lipinski definition) is 3. The van der Waals surface area contributed by atoms with Crippen LogP contribution in [0.15, 0.2) is 36.7 Å². The monoisotopic (exact) mass is 462 g/mol. The van der Waals surface area contributed by atoms with Gasteiger partial charge in [-0.05, 0) is 44.9 Å². The zero-order valence-corrected chi connectivity index (χ0v) is 19.3. The molecule has 6 rings (SSSR count). The Morgan fingerprint density at radius 2 is 2.09 bits per heavy atom. The van der Waals surface area contributed by atoms with E-state index in [0.717, 1.165) is 42.8 Å². The molecule has 0 bridgehead atoms. The molecule has 0 unspecified atom stereocenters. The van der Waals surface area contributed by atoms with Gasteiger partial charge in [0.25, 0.3) is 5.91 Å². The number of benzene rings is 1. The molecule has 2 aromatic heterocycles. The van der Waals surface area contributed by atoms with Gasteiger partial charge in [-0.3, -0.25) is 9.78 Å². The predicted molar refractivity (Wildman–Crippen MR) is 126 cm³/mol. The first-order valence-electron chi connectivity index (χ1n) is 11.7. The lowest BCUT2D eigenvalue weighted by atomic mass is 9.93. The topological polar surface area (TPSA) is 88.3 Å². The molecule has 3 aliphatic rings. The van der Waals surface area contributed by atoms with E-state index in [-0.39, 0.29) is 22.7 Å². The molecule has 1 atom stereocenters. The zero-order valence-electron chi connectivity index (χ0n) is 19.3. The molecular formula is C26H27FN4O3. The predicted octanol–water partition coefficient (Wildman–Crippen LogP) is 4.60. The lowest BCUT2D eigenvalue weighted by molar-refractivity contribution is -0.152. The number of halogens is 1. The zero-order chi connectivity index (χ0) is 23.5. The van der Waals surface area contributed by atoms with E-state index in [9.17, 15) is 9.18 Å². The molecule has 2 fully saturated rings. The van der Waals surface area contributed by atoms with Crippen LogP contribution in [-0.4, -0.2) is 41.2 Å². The van der Waals surface area contributed by atoms with Gasteiger partial charge in [0.05, 0.1) is 29.7 Å². The molecule has 34 heavy (non-hydrogen) atoms. The Kier molecular flexibility index (Phi) is 4.71. The first kappa shape index (κ1) is 21.2. The molecule has 4 heterocycles. The van der Waals surface area contributed by atoms with Crippen molar-refractivity contribution in [2.75, 3.05) is 25.1 Å². The summed E-state index contributed by atoms with van der Waals surface area (Å²) in [7, 11) is 0. The fraction of sp³-hybridized carbons (Fsp3) is 0.385. The Hall–Kier alpha value is -3.39. The summed E-state index contributed by atoms with van der Waals surface area (Å²) in [5, 5.41) is 6.42. The minimum atomic E-state index is -0.306. The SMILES string of the molecule is Cc1c(F)cccc1Nc1c(-c2ccncc2OC[C@@]2(C)CCO2)[nH]c2c1C(=O)NCC21CC1. The van der Waals surface area contributed by atoms with E-state index in [2.05, 4.69) is 20.6 Å². The van der Waals surface area contributed by atoms with Crippen LogP contribution in [0.4, 0.5) is 15.8 Å². The van der Waals surface area contributed by atoms with Crippen LogP contribution in [0.3, 0.4) is 0 Å². The van der Waals surface area contributed by atoms with Crippen molar-refractivity contribution < 1.29 is 18.7 Å². The number of fused-ring (bicyclic) bond motifs is 2. The Labute approximate surface area is 197 Å². The summed E-state index contributed by atoms with van der Waals surface area (Å²) < 4.78 is 26.2. The van der Waals surface area contributed by atoms with Gasteiger partial charge in [0, 0.05) is 47.1 Å². The van der Waals surface area contributed by atoms with Crippen LogP contribution < -0.4 is 15.4 Å². The van der Waals surface area contributed by atoms with Crippen molar-refractivity contribution in [3.63, 3.8) is 0 Å². The largest absolute Gasteiger partial charge is 0.488 e. The van der Waals surface area contributed by atoms with Crippen LogP contribution in [-0.2, 0) is 10.2 Å². The van der Waals surface area contributed by atoms with Crippen LogP contribution in [0, 0.1) is 12.7 Å². The van der Waals surface area contributed by atoms with E-state index < -0.39 is 0 Å². The minimum absolute atomic E-state index is 0.0732. The van der Waals surface area contributed by atoms with Crippen molar-refractivity contribution >= 4 is 17.3 Å². The quantitative estimate of drug-likeness (QED) is 0.498. The molecular weight excluding hydrogens is 435 g/mol. The highest BCUT2D eigenvalue weighted by atomic mass is 19.1. The Morgan fingerprint density at radius 1 is 1.26 bits per heavy atom. The van der Waals surface area contributed by atoms with Gasteiger partial charge in [-0.25, -0.2) is 4.39 Å². The summed E-state index contributed by atoms with van der Waals surface area (Å²) >= 11 is 0. The molecule has 1 aromatic carbocycles.